The molecule has 6 heteroatoms. The summed E-state index contributed by atoms with van der Waals surface area (Å²) in [5.74, 6) is 0.883. The smallest absolute Gasteiger partial charge is 0.278 e. The number of amides is 1. The number of thiophene rings is 1. The molecule has 2 atom stereocenters. The highest BCUT2D eigenvalue weighted by molar-refractivity contribution is 9.11. The molecule has 23 heavy (non-hydrogen) atoms. The molecular formula is C17H22BrN2O2S+. The number of rotatable bonds is 7. The highest BCUT2D eigenvalue weighted by atomic mass is 79.9. The monoisotopic (exact) mass is 397 g/mol. The molecule has 0 fully saturated rings. The molecule has 0 aliphatic rings. The minimum atomic E-state index is -0.103. The number of halogens is 1. The van der Waals surface area contributed by atoms with Gasteiger partial charge in [-0.3, -0.25) is 4.79 Å². The summed E-state index contributed by atoms with van der Waals surface area (Å²) < 4.78 is 6.25. The van der Waals surface area contributed by atoms with Gasteiger partial charge in [0.15, 0.2) is 6.04 Å². The molecule has 4 nitrogen and oxygen atoms in total. The topological polar surface area (TPSA) is 42.8 Å². The van der Waals surface area contributed by atoms with Crippen LogP contribution in [-0.2, 0) is 17.9 Å². The highest BCUT2D eigenvalue weighted by Gasteiger charge is 2.22. The number of ether oxygens (including phenoxy) is 1. The van der Waals surface area contributed by atoms with Crippen molar-refractivity contribution in [3.05, 3.63) is 50.6 Å². The summed E-state index contributed by atoms with van der Waals surface area (Å²) in [6.07, 6.45) is 0. The van der Waals surface area contributed by atoms with Crippen molar-refractivity contribution in [1.29, 1.82) is 0 Å². The molecule has 0 saturated carbocycles. The molecule has 1 aromatic carbocycles. The van der Waals surface area contributed by atoms with Gasteiger partial charge in [-0.25, -0.2) is 0 Å². The van der Waals surface area contributed by atoms with Gasteiger partial charge in [0, 0.05) is 6.54 Å². The van der Waals surface area contributed by atoms with E-state index in [4.69, 9.17) is 4.74 Å². The van der Waals surface area contributed by atoms with Crippen molar-refractivity contribution in [2.24, 2.45) is 0 Å². The fraction of sp³-hybridized carbons (Fsp3) is 0.353. The van der Waals surface area contributed by atoms with Crippen molar-refractivity contribution in [2.45, 2.75) is 26.1 Å². The lowest BCUT2D eigenvalue weighted by Gasteiger charge is -2.20. The highest BCUT2D eigenvalue weighted by Crippen LogP contribution is 2.21. The summed E-state index contributed by atoms with van der Waals surface area (Å²) in [4.78, 5) is 14.8. The molecule has 0 aliphatic carbocycles. The van der Waals surface area contributed by atoms with E-state index >= 15 is 0 Å². The second kappa shape index (κ2) is 8.47. The Labute approximate surface area is 149 Å². The normalized spacial score (nSPS) is 13.4. The predicted molar refractivity (Wildman–Crippen MR) is 96.9 cm³/mol. The number of hydrogen-bond donors (Lipinski definition) is 2. The minimum Gasteiger partial charge on any atom is -0.497 e. The van der Waals surface area contributed by atoms with Crippen molar-refractivity contribution in [3.8, 4) is 5.75 Å². The predicted octanol–water partition coefficient (Wildman–Crippen LogP) is 2.24. The third-order valence-electron chi connectivity index (χ3n) is 3.84. The maximum atomic E-state index is 12.3. The second-order valence-electron chi connectivity index (χ2n) is 5.52. The third-order valence-corrected chi connectivity index (χ3v) is 5.46. The van der Waals surface area contributed by atoms with Gasteiger partial charge in [0.05, 0.1) is 22.8 Å². The third kappa shape index (κ3) is 5.34. The lowest BCUT2D eigenvalue weighted by atomic mass is 10.2. The van der Waals surface area contributed by atoms with E-state index in [0.29, 0.717) is 6.54 Å². The Balaban J connectivity index is 1.83. The zero-order chi connectivity index (χ0) is 16.8. The Kier molecular flexibility index (Phi) is 6.62. The SMILES string of the molecule is COc1ccc(CNC(=O)[C@@H](C)[NH+](C)Cc2ccc(Br)s2)cc1. The fourth-order valence-electron chi connectivity index (χ4n) is 2.18. The van der Waals surface area contributed by atoms with Crippen LogP contribution in [0.25, 0.3) is 0 Å². The van der Waals surface area contributed by atoms with Crippen LogP contribution in [0, 0.1) is 0 Å². The minimum absolute atomic E-state index is 0.0638. The molecule has 0 bridgehead atoms. The van der Waals surface area contributed by atoms with Crippen LogP contribution in [0.2, 0.25) is 0 Å². The van der Waals surface area contributed by atoms with E-state index in [0.717, 1.165) is 21.6 Å². The molecule has 1 amide bonds. The summed E-state index contributed by atoms with van der Waals surface area (Å²) in [7, 11) is 3.69. The Morgan fingerprint density at radius 3 is 2.57 bits per heavy atom. The molecule has 124 valence electrons. The van der Waals surface area contributed by atoms with E-state index in [1.165, 1.54) is 9.78 Å². The number of carbonyl (C=O) groups excluding carboxylic acids is 1. The van der Waals surface area contributed by atoms with Crippen LogP contribution in [0.1, 0.15) is 17.4 Å². The van der Waals surface area contributed by atoms with Crippen LogP contribution in [0.4, 0.5) is 0 Å². The lowest BCUT2D eigenvalue weighted by Crippen LogP contribution is -3.12. The number of likely N-dealkylation sites (N-methyl/N-ethyl adjacent to an activating group) is 1. The number of quaternary nitrogens is 1. The largest absolute Gasteiger partial charge is 0.497 e. The van der Waals surface area contributed by atoms with Crippen LogP contribution >= 0.6 is 27.3 Å². The number of carbonyl (C=O) groups is 1. The van der Waals surface area contributed by atoms with Crippen LogP contribution in [0.3, 0.4) is 0 Å². The first kappa shape index (κ1) is 18.0. The van der Waals surface area contributed by atoms with E-state index in [2.05, 4.69) is 27.3 Å². The van der Waals surface area contributed by atoms with E-state index in [1.807, 2.05) is 44.3 Å². The van der Waals surface area contributed by atoms with Gasteiger partial charge >= 0.3 is 0 Å². The molecule has 1 heterocycles. The maximum absolute atomic E-state index is 12.3. The van der Waals surface area contributed by atoms with Crippen molar-refractivity contribution in [3.63, 3.8) is 0 Å². The van der Waals surface area contributed by atoms with Gasteiger partial charge in [0.25, 0.3) is 5.91 Å². The number of methoxy groups -OCH3 is 1. The average Bonchev–Trinajstić information content (AvgIpc) is 2.97. The van der Waals surface area contributed by atoms with Crippen molar-refractivity contribution >= 4 is 33.2 Å². The van der Waals surface area contributed by atoms with E-state index in [1.54, 1.807) is 18.4 Å². The van der Waals surface area contributed by atoms with Crippen molar-refractivity contribution < 1.29 is 14.4 Å². The standard InChI is InChI=1S/C17H21BrN2O2S/c1-12(20(2)11-15-8-9-16(18)23-15)17(21)19-10-13-4-6-14(22-3)7-5-13/h4-9,12H,10-11H2,1-3H3,(H,19,21)/p+1/t12-/m1/s1. The quantitative estimate of drug-likeness (QED) is 0.752. The Hall–Kier alpha value is -1.37. The Morgan fingerprint density at radius 2 is 2.00 bits per heavy atom. The fourth-order valence-corrected chi connectivity index (χ4v) is 3.76. The molecule has 1 unspecified atom stereocenters. The van der Waals surface area contributed by atoms with Gasteiger partial charge in [-0.05, 0) is 52.7 Å². The van der Waals surface area contributed by atoms with Crippen LogP contribution < -0.4 is 15.0 Å². The van der Waals surface area contributed by atoms with E-state index in [9.17, 15) is 4.79 Å². The number of hydrogen-bond acceptors (Lipinski definition) is 3. The summed E-state index contributed by atoms with van der Waals surface area (Å²) in [6, 6.07) is 11.8. The average molecular weight is 398 g/mol. The lowest BCUT2D eigenvalue weighted by molar-refractivity contribution is -0.907. The molecule has 0 spiro atoms. The number of nitrogens with one attached hydrogen (secondary N) is 2. The summed E-state index contributed by atoms with van der Waals surface area (Å²) in [6.45, 7) is 3.33. The van der Waals surface area contributed by atoms with Crippen molar-refractivity contribution in [1.82, 2.24) is 5.32 Å². The first-order valence-electron chi connectivity index (χ1n) is 7.46. The summed E-state index contributed by atoms with van der Waals surface area (Å²) in [5, 5.41) is 3.00. The number of benzene rings is 1. The molecule has 0 radical (unpaired) electrons. The maximum Gasteiger partial charge on any atom is 0.278 e. The molecular weight excluding hydrogens is 376 g/mol. The van der Waals surface area contributed by atoms with Gasteiger partial charge in [-0.15, -0.1) is 11.3 Å². The van der Waals surface area contributed by atoms with Gasteiger partial charge in [-0.2, -0.15) is 0 Å². The first-order valence-corrected chi connectivity index (χ1v) is 9.07. The summed E-state index contributed by atoms with van der Waals surface area (Å²) >= 11 is 5.18. The molecule has 0 aliphatic heterocycles. The van der Waals surface area contributed by atoms with Crippen LogP contribution in [0.5, 0.6) is 5.75 Å². The van der Waals surface area contributed by atoms with Crippen LogP contribution in [-0.4, -0.2) is 26.1 Å². The molecule has 1 aromatic heterocycles. The molecule has 2 rings (SSSR count). The molecule has 2 aromatic rings. The van der Waals surface area contributed by atoms with Crippen molar-refractivity contribution in [2.75, 3.05) is 14.2 Å². The second-order valence-corrected chi connectivity index (χ2v) is 8.06. The van der Waals surface area contributed by atoms with Crippen LogP contribution in [0.15, 0.2) is 40.2 Å². The van der Waals surface area contributed by atoms with E-state index < -0.39 is 0 Å². The summed E-state index contributed by atoms with van der Waals surface area (Å²) in [5.41, 5.74) is 1.06. The van der Waals surface area contributed by atoms with Gasteiger partial charge < -0.3 is 15.0 Å². The van der Waals surface area contributed by atoms with Gasteiger partial charge in [-0.1, -0.05) is 12.1 Å². The zero-order valence-electron chi connectivity index (χ0n) is 13.6. The van der Waals surface area contributed by atoms with Gasteiger partial charge in [0.1, 0.15) is 12.3 Å². The Bertz CT molecular complexity index is 642. The van der Waals surface area contributed by atoms with Gasteiger partial charge in [0.2, 0.25) is 0 Å². The molecule has 0 saturated heterocycles. The van der Waals surface area contributed by atoms with E-state index in [-0.39, 0.29) is 11.9 Å². The Morgan fingerprint density at radius 1 is 1.30 bits per heavy atom. The first-order chi connectivity index (χ1) is 11.0. The zero-order valence-corrected chi connectivity index (χ0v) is 16.0. The molecule has 2 N–H and O–H groups in total.